The number of rotatable bonds is 2. The van der Waals surface area contributed by atoms with Gasteiger partial charge in [-0.1, -0.05) is 0 Å². The van der Waals surface area contributed by atoms with Gasteiger partial charge in [-0.05, 0) is 44.0 Å². The van der Waals surface area contributed by atoms with E-state index in [0.717, 1.165) is 11.1 Å². The average Bonchev–Trinajstić information content (AvgIpc) is 2.55. The maximum atomic E-state index is 11.6. The third-order valence-corrected chi connectivity index (χ3v) is 2.67. The highest BCUT2D eigenvalue weighted by Gasteiger charge is 2.28. The molecule has 2 rings (SSSR count). The molecule has 84 valence electrons. The highest BCUT2D eigenvalue weighted by molar-refractivity contribution is 6.04. The monoisotopic (exact) mass is 218 g/mol. The molecule has 16 heavy (non-hydrogen) atoms. The van der Waals surface area contributed by atoms with E-state index in [-0.39, 0.29) is 5.78 Å². The Hall–Kier alpha value is -1.61. The van der Waals surface area contributed by atoms with Gasteiger partial charge in [-0.3, -0.25) is 4.79 Å². The Morgan fingerprint density at radius 1 is 1.44 bits per heavy atom. The number of hydrogen-bond donors (Lipinski definition) is 1. The molecule has 0 atom stereocenters. The van der Waals surface area contributed by atoms with Gasteiger partial charge in [0.15, 0.2) is 5.78 Å². The zero-order valence-electron chi connectivity index (χ0n) is 9.57. The molecule has 2 aliphatic rings. The van der Waals surface area contributed by atoms with Gasteiger partial charge in [-0.25, -0.2) is 0 Å². The molecule has 0 radical (unpaired) electrons. The van der Waals surface area contributed by atoms with Crippen molar-refractivity contribution in [3.63, 3.8) is 0 Å². The van der Waals surface area contributed by atoms with Crippen molar-refractivity contribution in [2.24, 2.45) is 0 Å². The Kier molecular flexibility index (Phi) is 2.35. The summed E-state index contributed by atoms with van der Waals surface area (Å²) in [6.45, 7) is 4.85. The number of carbonyl (C=O) groups excluding carboxylic acids is 1. The summed E-state index contributed by atoms with van der Waals surface area (Å²) in [4.78, 5) is 11.6. The molecule has 0 bridgehead atoms. The topological polar surface area (TPSA) is 50.4 Å². The molecule has 0 aromatic heterocycles. The van der Waals surface area contributed by atoms with Gasteiger partial charge >= 0.3 is 0 Å². The van der Waals surface area contributed by atoms with Crippen LogP contribution in [0.1, 0.15) is 36.7 Å². The third kappa shape index (κ3) is 1.63. The van der Waals surface area contributed by atoms with Gasteiger partial charge in [0.25, 0.3) is 0 Å². The number of fused-ring (bicyclic) bond motifs is 1. The summed E-state index contributed by atoms with van der Waals surface area (Å²) in [7, 11) is 0. The van der Waals surface area contributed by atoms with E-state index >= 15 is 0 Å². The van der Waals surface area contributed by atoms with E-state index < -0.39 is 5.60 Å². The lowest BCUT2D eigenvalue weighted by atomic mass is 9.95. The molecular formula is C13H14O3. The SMILES string of the molecule is CC(=O)c1c2ccocc-2cc1C(C)(C)O. The normalized spacial score (nSPS) is 12.0. The van der Waals surface area contributed by atoms with Crippen molar-refractivity contribution < 1.29 is 14.3 Å². The second-order valence-corrected chi connectivity index (χ2v) is 4.47. The van der Waals surface area contributed by atoms with E-state index in [4.69, 9.17) is 4.42 Å². The summed E-state index contributed by atoms with van der Waals surface area (Å²) in [6.07, 6.45) is 3.11. The van der Waals surface area contributed by atoms with Crippen molar-refractivity contribution in [2.75, 3.05) is 0 Å². The number of aliphatic hydroxyl groups is 1. The summed E-state index contributed by atoms with van der Waals surface area (Å²) < 4.78 is 5.06. The van der Waals surface area contributed by atoms with Crippen molar-refractivity contribution in [2.45, 2.75) is 26.4 Å². The Bertz CT molecular complexity index is 503. The highest BCUT2D eigenvalue weighted by Crippen LogP contribution is 2.37. The van der Waals surface area contributed by atoms with Gasteiger partial charge in [0.05, 0.1) is 18.1 Å². The second-order valence-electron chi connectivity index (χ2n) is 4.47. The minimum Gasteiger partial charge on any atom is -0.472 e. The fourth-order valence-corrected chi connectivity index (χ4v) is 1.95. The molecule has 3 nitrogen and oxygen atoms in total. The van der Waals surface area contributed by atoms with Gasteiger partial charge in [0, 0.05) is 11.1 Å². The van der Waals surface area contributed by atoms with Gasteiger partial charge < -0.3 is 9.52 Å². The van der Waals surface area contributed by atoms with Gasteiger partial charge in [0.2, 0.25) is 0 Å². The van der Waals surface area contributed by atoms with Crippen LogP contribution in [0, 0.1) is 0 Å². The highest BCUT2D eigenvalue weighted by atomic mass is 16.3. The number of carbonyl (C=O) groups is 1. The summed E-state index contributed by atoms with van der Waals surface area (Å²) in [5.74, 6) is -0.0432. The maximum Gasteiger partial charge on any atom is 0.160 e. The quantitative estimate of drug-likeness (QED) is 0.788. The predicted octanol–water partition coefficient (Wildman–Crippen LogP) is 2.81. The Balaban J connectivity index is 2.78. The van der Waals surface area contributed by atoms with Crippen molar-refractivity contribution in [1.82, 2.24) is 0 Å². The molecule has 0 saturated carbocycles. The van der Waals surface area contributed by atoms with Crippen molar-refractivity contribution in [3.05, 3.63) is 35.8 Å². The fourth-order valence-electron chi connectivity index (χ4n) is 1.95. The lowest BCUT2D eigenvalue weighted by Gasteiger charge is -2.17. The number of hydrogen-bond acceptors (Lipinski definition) is 3. The van der Waals surface area contributed by atoms with Crippen molar-refractivity contribution in [3.8, 4) is 11.1 Å². The molecule has 0 amide bonds. The Labute approximate surface area is 94.0 Å². The first kappa shape index (κ1) is 10.9. The Morgan fingerprint density at radius 3 is 2.69 bits per heavy atom. The van der Waals surface area contributed by atoms with Crippen LogP contribution >= 0.6 is 0 Å². The summed E-state index contributed by atoms with van der Waals surface area (Å²) in [5, 5.41) is 10.0. The predicted molar refractivity (Wildman–Crippen MR) is 60.6 cm³/mol. The molecule has 1 aliphatic heterocycles. The lowest BCUT2D eigenvalue weighted by Crippen LogP contribution is -2.17. The third-order valence-electron chi connectivity index (χ3n) is 2.67. The van der Waals surface area contributed by atoms with Gasteiger partial charge in [-0.2, -0.15) is 0 Å². The maximum absolute atomic E-state index is 11.6. The smallest absolute Gasteiger partial charge is 0.160 e. The lowest BCUT2D eigenvalue weighted by molar-refractivity contribution is 0.0762. The van der Waals surface area contributed by atoms with Gasteiger partial charge in [0.1, 0.15) is 0 Å². The first-order chi connectivity index (χ1) is 7.41. The van der Waals surface area contributed by atoms with Gasteiger partial charge in [-0.15, -0.1) is 0 Å². The van der Waals surface area contributed by atoms with E-state index in [2.05, 4.69) is 0 Å². The first-order valence-electron chi connectivity index (χ1n) is 5.14. The molecule has 1 heterocycles. The van der Waals surface area contributed by atoms with Crippen LogP contribution in [0.15, 0.2) is 29.1 Å². The van der Waals surface area contributed by atoms with Crippen LogP contribution in [0.3, 0.4) is 0 Å². The summed E-state index contributed by atoms with van der Waals surface area (Å²) in [5.41, 5.74) is 1.87. The molecule has 1 N–H and O–H groups in total. The van der Waals surface area contributed by atoms with E-state index in [1.54, 1.807) is 32.2 Å². The molecule has 3 heteroatoms. The minimum absolute atomic E-state index is 0.0432. The molecule has 0 saturated heterocycles. The van der Waals surface area contributed by atoms with Crippen LogP contribution in [-0.4, -0.2) is 10.9 Å². The van der Waals surface area contributed by atoms with Crippen molar-refractivity contribution in [1.29, 1.82) is 0 Å². The van der Waals surface area contributed by atoms with E-state index in [1.165, 1.54) is 13.2 Å². The zero-order chi connectivity index (χ0) is 11.9. The molecule has 1 aliphatic carbocycles. The molecule has 0 spiro atoms. The minimum atomic E-state index is -1.03. The largest absolute Gasteiger partial charge is 0.472 e. The van der Waals surface area contributed by atoms with Crippen molar-refractivity contribution >= 4 is 5.78 Å². The molecule has 0 aromatic rings. The van der Waals surface area contributed by atoms with E-state index in [9.17, 15) is 9.90 Å². The van der Waals surface area contributed by atoms with E-state index in [1.807, 2.05) is 0 Å². The number of ketones is 1. The van der Waals surface area contributed by atoms with E-state index in [0.29, 0.717) is 11.1 Å². The van der Waals surface area contributed by atoms with Crippen LogP contribution in [0.5, 0.6) is 0 Å². The molecular weight excluding hydrogens is 204 g/mol. The average molecular weight is 218 g/mol. The van der Waals surface area contributed by atoms with Crippen LogP contribution in [0.2, 0.25) is 0 Å². The molecule has 0 aromatic carbocycles. The second kappa shape index (κ2) is 3.46. The summed E-state index contributed by atoms with van der Waals surface area (Å²) in [6, 6.07) is 3.55. The number of Topliss-reactive ketones (excluding diaryl/α,β-unsaturated/α-hetero) is 1. The standard InChI is InChI=1S/C13H14O3/c1-8(14)12-10-4-5-16-7-9(10)6-11(12)13(2,3)15/h4-7,15H,1-3H3. The fraction of sp³-hybridized carbons (Fsp3) is 0.308. The molecule has 0 fully saturated rings. The van der Waals surface area contributed by atoms with Crippen LogP contribution in [0.4, 0.5) is 0 Å². The Morgan fingerprint density at radius 2 is 2.12 bits per heavy atom. The molecule has 0 unspecified atom stereocenters. The van der Waals surface area contributed by atoms with Crippen LogP contribution < -0.4 is 0 Å². The first-order valence-corrected chi connectivity index (χ1v) is 5.14. The van der Waals surface area contributed by atoms with Crippen LogP contribution in [-0.2, 0) is 5.60 Å². The van der Waals surface area contributed by atoms with Crippen LogP contribution in [0.25, 0.3) is 11.1 Å². The summed E-state index contributed by atoms with van der Waals surface area (Å²) >= 11 is 0. The zero-order valence-corrected chi connectivity index (χ0v) is 9.57.